The number of carbonyl (C=O) groups is 2. The van der Waals surface area contributed by atoms with E-state index >= 15 is 0 Å². The van der Waals surface area contributed by atoms with Crippen molar-refractivity contribution in [2.24, 2.45) is 0 Å². The fourth-order valence-corrected chi connectivity index (χ4v) is 6.40. The maximum Gasteiger partial charge on any atom is 0.164 e. The molecule has 1 saturated heterocycles. The summed E-state index contributed by atoms with van der Waals surface area (Å²) in [5, 5.41) is 2.48. The van der Waals surface area contributed by atoms with Crippen LogP contribution in [0.3, 0.4) is 0 Å². The quantitative estimate of drug-likeness (QED) is 0.510. The van der Waals surface area contributed by atoms with Gasteiger partial charge in [-0.3, -0.25) is 14.5 Å². The third kappa shape index (κ3) is 3.69. The second kappa shape index (κ2) is 8.03. The first-order valence-electron chi connectivity index (χ1n) is 11.7. The van der Waals surface area contributed by atoms with Gasteiger partial charge in [0.1, 0.15) is 5.00 Å². The second-order valence-corrected chi connectivity index (χ2v) is 11.1. The van der Waals surface area contributed by atoms with Gasteiger partial charge in [-0.2, -0.15) is 4.37 Å². The Bertz CT molecular complexity index is 1240. The van der Waals surface area contributed by atoms with Gasteiger partial charge < -0.3 is 4.90 Å². The molecule has 2 heterocycles. The van der Waals surface area contributed by atoms with Gasteiger partial charge in [0.15, 0.2) is 11.6 Å². The van der Waals surface area contributed by atoms with Crippen LogP contribution in [0.15, 0.2) is 42.5 Å². The first kappa shape index (κ1) is 22.2. The molecular formula is C27H31N3O2S. The fourth-order valence-electron chi connectivity index (χ4n) is 5.49. The molecule has 3 aromatic rings. The van der Waals surface area contributed by atoms with Crippen LogP contribution in [0.25, 0.3) is 10.9 Å². The van der Waals surface area contributed by atoms with E-state index in [1.54, 1.807) is 11.5 Å². The highest BCUT2D eigenvalue weighted by Crippen LogP contribution is 2.46. The van der Waals surface area contributed by atoms with Crippen LogP contribution in [0.2, 0.25) is 0 Å². The van der Waals surface area contributed by atoms with Crippen LogP contribution < -0.4 is 4.90 Å². The number of ketones is 2. The number of nitrogens with zero attached hydrogens (tertiary/aromatic N) is 3. The molecule has 33 heavy (non-hydrogen) atoms. The van der Waals surface area contributed by atoms with Crippen LogP contribution in [0.5, 0.6) is 0 Å². The highest BCUT2D eigenvalue weighted by Gasteiger charge is 2.50. The third-order valence-electron chi connectivity index (χ3n) is 7.50. The van der Waals surface area contributed by atoms with Crippen LogP contribution in [0.1, 0.15) is 55.6 Å². The molecule has 0 amide bonds. The summed E-state index contributed by atoms with van der Waals surface area (Å²) >= 11 is 1.57. The monoisotopic (exact) mass is 461 g/mol. The highest BCUT2D eigenvalue weighted by molar-refractivity contribution is 7.11. The van der Waals surface area contributed by atoms with E-state index < -0.39 is 10.8 Å². The van der Waals surface area contributed by atoms with Crippen molar-refractivity contribution >= 4 is 39.0 Å². The van der Waals surface area contributed by atoms with Crippen molar-refractivity contribution in [3.8, 4) is 0 Å². The van der Waals surface area contributed by atoms with Gasteiger partial charge in [-0.25, -0.2) is 0 Å². The van der Waals surface area contributed by atoms with Gasteiger partial charge >= 0.3 is 0 Å². The van der Waals surface area contributed by atoms with Gasteiger partial charge in [-0.15, -0.1) is 0 Å². The zero-order chi connectivity index (χ0) is 23.4. The molecule has 1 aliphatic carbocycles. The number of rotatable bonds is 5. The molecule has 1 fully saturated rings. The Labute approximate surface area is 199 Å². The number of fused-ring (bicyclic) bond motifs is 2. The number of carbonyl (C=O) groups excluding carboxylic acids is 2. The Kier molecular flexibility index (Phi) is 5.41. The lowest BCUT2D eigenvalue weighted by molar-refractivity contribution is -0.126. The van der Waals surface area contributed by atoms with Crippen LogP contribution in [0.4, 0.5) is 5.00 Å². The average molecular weight is 462 g/mol. The largest absolute Gasteiger partial charge is 0.359 e. The van der Waals surface area contributed by atoms with Crippen LogP contribution in [-0.2, 0) is 15.6 Å². The van der Waals surface area contributed by atoms with E-state index in [0.717, 1.165) is 54.9 Å². The molecule has 0 spiro atoms. The molecule has 6 heteroatoms. The van der Waals surface area contributed by atoms with E-state index in [2.05, 4.69) is 32.4 Å². The summed E-state index contributed by atoms with van der Waals surface area (Å²) in [7, 11) is 0. The van der Waals surface area contributed by atoms with E-state index in [4.69, 9.17) is 0 Å². The van der Waals surface area contributed by atoms with Gasteiger partial charge in [0.05, 0.1) is 5.52 Å². The van der Waals surface area contributed by atoms with Crippen molar-refractivity contribution in [3.05, 3.63) is 59.2 Å². The summed E-state index contributed by atoms with van der Waals surface area (Å²) in [5.41, 5.74) is 2.81. The lowest BCUT2D eigenvalue weighted by atomic mass is 9.80. The van der Waals surface area contributed by atoms with Crippen molar-refractivity contribution < 1.29 is 9.59 Å². The van der Waals surface area contributed by atoms with Gasteiger partial charge in [-0.1, -0.05) is 24.3 Å². The molecule has 1 aromatic heterocycles. The summed E-state index contributed by atoms with van der Waals surface area (Å²) in [5.74, 6) is 0.378. The lowest BCUT2D eigenvalue weighted by Gasteiger charge is -2.35. The standard InChI is InChI=1S/C27H31N3O2S/c1-26(2)20-10-9-18(17-21(20)27(3,4)25(26)32)23(31)11-12-29-13-15-30(16-14-29)24-19-7-5-6-8-22(19)28-33-24/h5-10,17H,11-16H2,1-4H3. The number of hydrogen-bond acceptors (Lipinski definition) is 6. The van der Waals surface area contributed by atoms with Crippen molar-refractivity contribution in [1.29, 1.82) is 0 Å². The van der Waals surface area contributed by atoms with Crippen molar-refractivity contribution in [2.45, 2.75) is 44.9 Å². The molecule has 0 atom stereocenters. The molecule has 5 nitrogen and oxygen atoms in total. The van der Waals surface area contributed by atoms with Gasteiger partial charge in [0.25, 0.3) is 0 Å². The number of piperazine rings is 1. The highest BCUT2D eigenvalue weighted by atomic mass is 32.1. The van der Waals surface area contributed by atoms with Gasteiger partial charge in [0.2, 0.25) is 0 Å². The van der Waals surface area contributed by atoms with E-state index in [0.29, 0.717) is 6.42 Å². The minimum absolute atomic E-state index is 0.154. The first-order chi connectivity index (χ1) is 15.7. The van der Waals surface area contributed by atoms with Crippen LogP contribution >= 0.6 is 11.5 Å². The molecule has 2 aromatic carbocycles. The smallest absolute Gasteiger partial charge is 0.164 e. The average Bonchev–Trinajstić information content (AvgIpc) is 3.30. The van der Waals surface area contributed by atoms with E-state index in [9.17, 15) is 9.59 Å². The molecule has 0 N–H and O–H groups in total. The SMILES string of the molecule is CC1(C)C(=O)C(C)(C)c2cc(C(=O)CCN3CCN(c4snc5ccccc45)CC3)ccc21. The molecule has 0 unspecified atom stereocenters. The normalized spacial score (nSPS) is 19.8. The second-order valence-electron chi connectivity index (χ2n) is 10.3. The van der Waals surface area contributed by atoms with E-state index in [1.807, 2.05) is 52.0 Å². The Balaban J connectivity index is 1.21. The van der Waals surface area contributed by atoms with Crippen molar-refractivity contribution in [1.82, 2.24) is 9.27 Å². The maximum absolute atomic E-state index is 13.0. The summed E-state index contributed by atoms with van der Waals surface area (Å²) in [6, 6.07) is 14.2. The molecule has 0 radical (unpaired) electrons. The molecule has 0 saturated carbocycles. The molecular weight excluding hydrogens is 430 g/mol. The molecule has 0 bridgehead atoms. The van der Waals surface area contributed by atoms with E-state index in [-0.39, 0.29) is 11.6 Å². The fraction of sp³-hybridized carbons (Fsp3) is 0.444. The predicted octanol–water partition coefficient (Wildman–Crippen LogP) is 4.83. The van der Waals surface area contributed by atoms with E-state index in [1.165, 1.54) is 10.4 Å². The minimum atomic E-state index is -0.549. The lowest BCUT2D eigenvalue weighted by Crippen LogP contribution is -2.46. The predicted molar refractivity (Wildman–Crippen MR) is 135 cm³/mol. The third-order valence-corrected chi connectivity index (χ3v) is 8.44. The summed E-state index contributed by atoms with van der Waals surface area (Å²) < 4.78 is 4.58. The Morgan fingerprint density at radius 3 is 2.42 bits per heavy atom. The van der Waals surface area contributed by atoms with Crippen LogP contribution in [-0.4, -0.2) is 53.6 Å². The number of benzene rings is 2. The number of hydrogen-bond donors (Lipinski definition) is 0. The number of aromatic nitrogens is 1. The van der Waals surface area contributed by atoms with Gasteiger partial charge in [-0.05, 0) is 68.6 Å². The summed E-state index contributed by atoms with van der Waals surface area (Å²) in [6.45, 7) is 12.5. The molecule has 2 aliphatic rings. The Morgan fingerprint density at radius 2 is 1.67 bits per heavy atom. The van der Waals surface area contributed by atoms with Crippen molar-refractivity contribution in [3.63, 3.8) is 0 Å². The summed E-state index contributed by atoms with van der Waals surface area (Å²) in [4.78, 5) is 30.7. The maximum atomic E-state index is 13.0. The zero-order valence-corrected chi connectivity index (χ0v) is 20.7. The van der Waals surface area contributed by atoms with Gasteiger partial charge in [0, 0.05) is 60.9 Å². The molecule has 5 rings (SSSR count). The first-order valence-corrected chi connectivity index (χ1v) is 12.5. The van der Waals surface area contributed by atoms with Crippen LogP contribution in [0, 0.1) is 0 Å². The summed E-state index contributed by atoms with van der Waals surface area (Å²) in [6.07, 6.45) is 0.500. The molecule has 172 valence electrons. The number of Topliss-reactive ketones (excluding diaryl/α,β-unsaturated/α-hetero) is 2. The minimum Gasteiger partial charge on any atom is -0.359 e. The number of anilines is 1. The molecule has 1 aliphatic heterocycles. The van der Waals surface area contributed by atoms with Crippen molar-refractivity contribution in [2.75, 3.05) is 37.6 Å². The Hall–Kier alpha value is -2.57. The topological polar surface area (TPSA) is 53.5 Å². The Morgan fingerprint density at radius 1 is 0.970 bits per heavy atom. The zero-order valence-electron chi connectivity index (χ0n) is 19.9.